The zero-order valence-electron chi connectivity index (χ0n) is 17.3. The van der Waals surface area contributed by atoms with Crippen molar-refractivity contribution in [3.63, 3.8) is 0 Å². The average molecular weight is 563 g/mol. The van der Waals surface area contributed by atoms with Gasteiger partial charge in [0.25, 0.3) is 0 Å². The fraction of sp³-hybridized carbons (Fsp3) is 0.500. The first kappa shape index (κ1) is 29.3. The Bertz CT molecular complexity index is 1220. The highest BCUT2D eigenvalue weighted by molar-refractivity contribution is 7.66. The van der Waals surface area contributed by atoms with Crippen LogP contribution >= 0.6 is 23.5 Å². The molecule has 0 saturated carbocycles. The molecule has 18 nitrogen and oxygen atoms in total. The zero-order chi connectivity index (χ0) is 26.6. The predicted molar refractivity (Wildman–Crippen MR) is 111 cm³/mol. The minimum absolute atomic E-state index is 0.00475. The second-order valence-corrected chi connectivity index (χ2v) is 11.2. The maximum Gasteiger partial charge on any atom is 0.490 e. The minimum atomic E-state index is -5.72. The molecule has 2 heterocycles. The van der Waals surface area contributed by atoms with E-state index in [0.29, 0.717) is 0 Å². The number of aromatic nitrogens is 2. The van der Waals surface area contributed by atoms with Crippen LogP contribution in [0.3, 0.4) is 0 Å². The number of aliphatic hydroxyl groups is 1. The number of ether oxygens (including phenoxy) is 1. The van der Waals surface area contributed by atoms with E-state index in [-0.39, 0.29) is 30.6 Å². The molecule has 21 heteroatoms. The number of phosphoric ester groups is 1. The number of carboxylic acid groups (broad SMARTS) is 1. The topological polar surface area (TPSA) is 287 Å². The van der Waals surface area contributed by atoms with Gasteiger partial charge in [-0.25, -0.2) is 18.5 Å². The van der Waals surface area contributed by atoms with Crippen molar-refractivity contribution >= 4 is 35.3 Å². The summed E-state index contributed by atoms with van der Waals surface area (Å²) in [4.78, 5) is 62.0. The lowest BCUT2D eigenvalue weighted by Crippen LogP contribution is -2.29. The van der Waals surface area contributed by atoms with E-state index in [1.54, 1.807) is 0 Å². The monoisotopic (exact) mass is 563 g/mol. The van der Waals surface area contributed by atoms with Crippen LogP contribution in [0, 0.1) is 11.8 Å². The molecule has 196 valence electrons. The Morgan fingerprint density at radius 1 is 1.23 bits per heavy atom. The number of aliphatic carboxylic acids is 1. The van der Waals surface area contributed by atoms with Crippen LogP contribution in [0.2, 0.25) is 0 Å². The van der Waals surface area contributed by atoms with Crippen LogP contribution in [-0.4, -0.2) is 64.1 Å². The van der Waals surface area contributed by atoms with Crippen LogP contribution in [0.15, 0.2) is 11.0 Å². The Labute approximate surface area is 195 Å². The quantitative estimate of drug-likeness (QED) is 0.133. The number of hydrogen-bond donors (Lipinski definition) is 7. The summed E-state index contributed by atoms with van der Waals surface area (Å²) in [5.41, 5.74) is 4.80. The van der Waals surface area contributed by atoms with E-state index in [2.05, 4.69) is 30.0 Å². The number of phosphoric acid groups is 3. The van der Waals surface area contributed by atoms with Gasteiger partial charge in [0.1, 0.15) is 18.1 Å². The van der Waals surface area contributed by atoms with Gasteiger partial charge >= 0.3 is 35.1 Å². The van der Waals surface area contributed by atoms with E-state index in [4.69, 9.17) is 30.3 Å². The van der Waals surface area contributed by atoms with Crippen LogP contribution in [0.1, 0.15) is 31.1 Å². The summed E-state index contributed by atoms with van der Waals surface area (Å²) >= 11 is 0. The molecule has 0 spiro atoms. The number of anilines is 1. The van der Waals surface area contributed by atoms with Crippen LogP contribution < -0.4 is 11.4 Å². The highest BCUT2D eigenvalue weighted by Crippen LogP contribution is 2.66. The maximum atomic E-state index is 12.2. The fourth-order valence-electron chi connectivity index (χ4n) is 2.62. The molecule has 0 aromatic carbocycles. The summed E-state index contributed by atoms with van der Waals surface area (Å²) in [6.07, 6.45) is -3.27. The standard InChI is InChI=1S/C14H20N3O15P3/c15-13-8(3-1-2-4-12(19)20)6-17(14(21)16-13)11-5-9(18)10(30-11)7-29-34(25,26)32-35(27,28)31-33(22,23)24/h6,9-11,18H,2,4-5,7H2,(H,19,20)(H,25,26)(H,27,28)(H2,15,16,21)(H2,22,23,24)/t9-,10+,11+/m0/s1. The molecular formula is C14H20N3O15P3. The molecule has 0 radical (unpaired) electrons. The predicted octanol–water partition coefficient (Wildman–Crippen LogP) is -0.967. The SMILES string of the molecule is Nc1nc(=O)n([C@H]2C[C@H](O)[C@@H](COP(=O)(O)OP(=O)(O)OP(=O)(O)O)O2)cc1C#CCCC(=O)O. The van der Waals surface area contributed by atoms with Crippen molar-refractivity contribution < 1.29 is 66.2 Å². The van der Waals surface area contributed by atoms with Crippen molar-refractivity contribution in [1.29, 1.82) is 0 Å². The molecule has 1 aliphatic rings. The lowest BCUT2D eigenvalue weighted by molar-refractivity contribution is -0.136. The normalized spacial score (nSPS) is 23.6. The largest absolute Gasteiger partial charge is 0.490 e. The molecule has 1 aromatic rings. The summed E-state index contributed by atoms with van der Waals surface area (Å²) in [7, 11) is -16.7. The number of carbonyl (C=O) groups is 1. The van der Waals surface area contributed by atoms with Crippen LogP contribution in [0.25, 0.3) is 0 Å². The Balaban J connectivity index is 2.08. The van der Waals surface area contributed by atoms with Gasteiger partial charge in [-0.15, -0.1) is 0 Å². The van der Waals surface area contributed by atoms with Crippen LogP contribution in [0.4, 0.5) is 5.82 Å². The van der Waals surface area contributed by atoms with E-state index in [0.717, 1.165) is 10.8 Å². The molecule has 1 aliphatic heterocycles. The van der Waals surface area contributed by atoms with Gasteiger partial charge in [-0.2, -0.15) is 13.6 Å². The van der Waals surface area contributed by atoms with Gasteiger partial charge in [0.05, 0.1) is 24.7 Å². The van der Waals surface area contributed by atoms with E-state index in [1.165, 1.54) is 0 Å². The number of hydrogen-bond acceptors (Lipinski definition) is 12. The van der Waals surface area contributed by atoms with Gasteiger partial charge < -0.3 is 40.3 Å². The first-order valence-electron chi connectivity index (χ1n) is 9.19. The molecule has 35 heavy (non-hydrogen) atoms. The molecule has 0 bridgehead atoms. The Morgan fingerprint density at radius 3 is 2.49 bits per heavy atom. The van der Waals surface area contributed by atoms with E-state index in [1.807, 2.05) is 0 Å². The van der Waals surface area contributed by atoms with Crippen molar-refractivity contribution in [2.45, 2.75) is 37.7 Å². The molecule has 1 fully saturated rings. The van der Waals surface area contributed by atoms with Crippen LogP contribution in [-0.2, 0) is 36.4 Å². The molecule has 8 N–H and O–H groups in total. The summed E-state index contributed by atoms with van der Waals surface area (Å²) in [5.74, 6) is 3.80. The molecular weight excluding hydrogens is 543 g/mol. The smallest absolute Gasteiger partial charge is 0.481 e. The highest BCUT2D eigenvalue weighted by Gasteiger charge is 2.43. The molecule has 2 rings (SSSR count). The summed E-state index contributed by atoms with van der Waals surface area (Å²) < 4.78 is 51.7. The van der Waals surface area contributed by atoms with E-state index in [9.17, 15) is 33.3 Å². The summed E-state index contributed by atoms with van der Waals surface area (Å²) in [6, 6.07) is 0. The van der Waals surface area contributed by atoms with Gasteiger partial charge in [-0.3, -0.25) is 13.9 Å². The van der Waals surface area contributed by atoms with Gasteiger partial charge in [0.15, 0.2) is 0 Å². The zero-order valence-corrected chi connectivity index (χ0v) is 20.0. The van der Waals surface area contributed by atoms with Gasteiger partial charge in [0, 0.05) is 19.0 Å². The average Bonchev–Trinajstić information content (AvgIpc) is 3.02. The summed E-state index contributed by atoms with van der Waals surface area (Å²) in [5, 5.41) is 18.8. The van der Waals surface area contributed by atoms with Crippen molar-refractivity contribution in [2.24, 2.45) is 0 Å². The fourth-order valence-corrected chi connectivity index (χ4v) is 5.65. The number of nitrogen functional groups attached to an aromatic ring is 1. The molecule has 5 atom stereocenters. The Morgan fingerprint density at radius 2 is 1.89 bits per heavy atom. The molecule has 1 saturated heterocycles. The second-order valence-electron chi connectivity index (χ2n) is 6.74. The Hall–Kier alpha value is -1.96. The third-order valence-electron chi connectivity index (χ3n) is 4.00. The van der Waals surface area contributed by atoms with E-state index < -0.39 is 60.2 Å². The first-order valence-corrected chi connectivity index (χ1v) is 13.7. The number of aliphatic hydroxyl groups excluding tert-OH is 1. The third-order valence-corrected chi connectivity index (χ3v) is 7.80. The summed E-state index contributed by atoms with van der Waals surface area (Å²) in [6.45, 7) is -0.930. The van der Waals surface area contributed by atoms with Crippen molar-refractivity contribution in [3.05, 3.63) is 22.2 Å². The number of carboxylic acids is 1. The molecule has 0 aliphatic carbocycles. The molecule has 2 unspecified atom stereocenters. The molecule has 1 aromatic heterocycles. The van der Waals surface area contributed by atoms with Crippen molar-refractivity contribution in [1.82, 2.24) is 9.55 Å². The lowest BCUT2D eigenvalue weighted by Gasteiger charge is -2.19. The van der Waals surface area contributed by atoms with Gasteiger partial charge in [-0.05, 0) is 0 Å². The van der Waals surface area contributed by atoms with Gasteiger partial charge in [-0.1, -0.05) is 11.8 Å². The van der Waals surface area contributed by atoms with Gasteiger partial charge in [0.2, 0.25) is 0 Å². The lowest BCUT2D eigenvalue weighted by atomic mass is 10.2. The minimum Gasteiger partial charge on any atom is -0.481 e. The van der Waals surface area contributed by atoms with E-state index >= 15 is 0 Å². The van der Waals surface area contributed by atoms with Crippen LogP contribution in [0.5, 0.6) is 0 Å². The second kappa shape index (κ2) is 11.4. The number of nitrogens with two attached hydrogens (primary N) is 1. The van der Waals surface area contributed by atoms with Crippen molar-refractivity contribution in [3.8, 4) is 11.8 Å². The maximum absolute atomic E-state index is 12.2. The van der Waals surface area contributed by atoms with Crippen molar-refractivity contribution in [2.75, 3.05) is 12.3 Å². The Kier molecular flexibility index (Phi) is 9.53. The number of nitrogens with zero attached hydrogens (tertiary/aromatic N) is 2. The first-order chi connectivity index (χ1) is 16.0. The molecule has 0 amide bonds. The third kappa shape index (κ3) is 9.54. The highest BCUT2D eigenvalue weighted by atomic mass is 31.3. The number of rotatable bonds is 10.